The Labute approximate surface area is 792 Å². The molecule has 23 atom stereocenters. The molecule has 6 N–H and O–H groups in total. The van der Waals surface area contributed by atoms with E-state index in [-0.39, 0.29) is 69.7 Å². The first-order valence-electron chi connectivity index (χ1n) is 39.0. The van der Waals surface area contributed by atoms with Gasteiger partial charge in [-0.15, -0.1) is 0 Å². The summed E-state index contributed by atoms with van der Waals surface area (Å²) in [5.41, 5.74) is 0. The van der Waals surface area contributed by atoms with Gasteiger partial charge in [-0.3, -0.25) is 77.6 Å². The van der Waals surface area contributed by atoms with Crippen molar-refractivity contribution in [2.24, 2.45) is 35.5 Å². The molecule has 0 saturated carbocycles. The van der Waals surface area contributed by atoms with Gasteiger partial charge in [-0.05, 0) is 36.5 Å². The zero-order valence-electron chi connectivity index (χ0n) is 74.9. The molecule has 0 aliphatic carbocycles. The Hall–Kier alpha value is 1.83. The van der Waals surface area contributed by atoms with E-state index >= 15 is 0 Å². The van der Waals surface area contributed by atoms with Crippen molar-refractivity contribution in [2.45, 2.75) is 108 Å². The van der Waals surface area contributed by atoms with E-state index in [1.807, 2.05) is 55.4 Å². The predicted octanol–water partition coefficient (Wildman–Crippen LogP) is -3.43. The molecule has 0 aromatic carbocycles. The fourth-order valence-corrected chi connectivity index (χ4v) is 16.7. The van der Waals surface area contributed by atoms with Gasteiger partial charge in [-0.1, -0.05) is 94.9 Å². The van der Waals surface area contributed by atoms with Gasteiger partial charge in [0, 0.05) is 18.4 Å². The van der Waals surface area contributed by atoms with Gasteiger partial charge in [0.2, 0.25) is 0 Å². The topological polar surface area (TPSA) is 1070 Å². The average molecular weight is 2370 g/mol. The molecule has 0 rings (SSSR count). The Balaban J connectivity index is -0.000000684. The summed E-state index contributed by atoms with van der Waals surface area (Å²) in [4.78, 5) is 231. The molecule has 0 heterocycles. The van der Waals surface area contributed by atoms with Gasteiger partial charge in [-0.25, -0.2) is 0 Å². The highest BCUT2D eigenvalue weighted by Gasteiger charge is 2.24. The summed E-state index contributed by atoms with van der Waals surface area (Å²) < 4.78 is 314. The molecule has 23 unspecified atom stereocenters. The second kappa shape index (κ2) is 75.6. The monoisotopic (exact) mass is 2370 g/mol. The standard InChI is InChI=1S/C24H59O37P9.4C7H18O8P2/c1-3-23(19-25)20-60-69(41,42)57-17-15-55-67(37,38)53-13-11-51-65(33,34)49-9-7-47-63(29,30)45-5-6-46-64(31,32)48-8-10-50-66(35,36)52-12-14-54-68(39,40)56-16-18-58-70(43,44)61-22-24(4-2)21-59-62(26,27)28;4*1-3-7(2)6-15-17(11,12)14-5-4-13-16(8,9)10/h23-25H,3-22H2,1-2H3,(H,29,30)(H,31,32)(H,33,34)(H,35,36)(H,37,38)(H,39,40)(H,41,42)(H,43,44)(H2,26,27,28);4*7H,3-6H2,1-2H3,(H,11,12)(H2,8,9,10)/p-17. The van der Waals surface area contributed by atoms with E-state index < -0.39 is 303 Å². The van der Waals surface area contributed by atoms with Gasteiger partial charge >= 0.3 is 0 Å². The summed E-state index contributed by atoms with van der Waals surface area (Å²) in [6.45, 7) is -2.32. The summed E-state index contributed by atoms with van der Waals surface area (Å²) in [7, 11) is -83.5. The van der Waals surface area contributed by atoms with Gasteiger partial charge < -0.3 is 244 Å². The van der Waals surface area contributed by atoms with Crippen LogP contribution in [0.2, 0.25) is 0 Å². The molecule has 0 aromatic rings. The van der Waals surface area contributed by atoms with Crippen molar-refractivity contribution in [3.8, 4) is 0 Å². The van der Waals surface area contributed by atoms with Crippen LogP contribution in [0, 0.1) is 35.5 Å². The zero-order chi connectivity index (χ0) is 108. The minimum atomic E-state index is -5.26. The molecule has 86 heteroatoms. The molecular weight excluding hydrogens is 2260 g/mol. The van der Waals surface area contributed by atoms with Crippen LogP contribution in [0.4, 0.5) is 0 Å². The minimum absolute atomic E-state index is 0.00180. The van der Waals surface area contributed by atoms with Crippen LogP contribution in [0.1, 0.15) is 108 Å². The molecule has 0 bridgehead atoms. The van der Waals surface area contributed by atoms with Crippen molar-refractivity contribution >= 4 is 133 Å². The zero-order valence-corrected chi connectivity index (χ0v) is 90.1. The van der Waals surface area contributed by atoms with Gasteiger partial charge in [0.1, 0.15) is 0 Å². The van der Waals surface area contributed by atoms with Gasteiger partial charge in [0.05, 0.1) is 192 Å². The minimum Gasteiger partial charge on any atom is -0.756 e. The van der Waals surface area contributed by atoms with E-state index in [0.29, 0.717) is 6.42 Å². The largest absolute Gasteiger partial charge is 0.756 e. The third kappa shape index (κ3) is 105. The van der Waals surface area contributed by atoms with Crippen molar-refractivity contribution in [1.29, 1.82) is 0 Å². The molecule has 138 heavy (non-hydrogen) atoms. The van der Waals surface area contributed by atoms with Crippen LogP contribution in [-0.2, 0) is 209 Å². The first-order chi connectivity index (χ1) is 62.7. The van der Waals surface area contributed by atoms with Gasteiger partial charge in [0.25, 0.3) is 133 Å². The molecule has 69 nitrogen and oxygen atoms in total. The van der Waals surface area contributed by atoms with E-state index in [2.05, 4.69) is 131 Å². The predicted molar refractivity (Wildman–Crippen MR) is 425 cm³/mol. The highest BCUT2D eigenvalue weighted by molar-refractivity contribution is 7.49. The highest BCUT2D eigenvalue weighted by atomic mass is 31.2. The molecule has 0 radical (unpaired) electrons. The third-order valence-electron chi connectivity index (χ3n) is 14.1. The summed E-state index contributed by atoms with van der Waals surface area (Å²) in [6.07, 6.45) is 3.58. The van der Waals surface area contributed by atoms with Gasteiger partial charge in [0.15, 0.2) is 0 Å². The van der Waals surface area contributed by atoms with E-state index in [1.54, 1.807) is 6.92 Å². The second-order valence-electron chi connectivity index (χ2n) is 25.9. The molecule has 0 aromatic heterocycles. The fourth-order valence-electron chi connectivity index (χ4n) is 6.26. The van der Waals surface area contributed by atoms with Crippen LogP contribution in [0.15, 0.2) is 0 Å². The summed E-state index contributed by atoms with van der Waals surface area (Å²) in [5, 5.41) is 9.03. The summed E-state index contributed by atoms with van der Waals surface area (Å²) in [6, 6.07) is 0. The number of phosphoric acid groups is 17. The van der Waals surface area contributed by atoms with E-state index in [4.69, 9.17) is 29.6 Å². The molecule has 0 fully saturated rings. The normalized spacial score (nSPS) is 20.8. The van der Waals surface area contributed by atoms with Crippen LogP contribution in [-0.4, -0.2) is 228 Å². The third-order valence-corrected chi connectivity index (χ3v) is 28.4. The molecule has 0 spiro atoms. The molecule has 0 aliphatic rings. The number of hydrogen-bond donors (Lipinski definition) is 6. The average Bonchev–Trinajstić information content (AvgIpc) is 0.894. The Morgan fingerprint density at radius 3 is 0.391 bits per heavy atom. The van der Waals surface area contributed by atoms with Crippen molar-refractivity contribution < 1.29 is 322 Å². The Kier molecular flexibility index (Phi) is 81.2. The number of phosphoric ester groups is 17. The van der Waals surface area contributed by atoms with Crippen LogP contribution < -0.4 is 83.2 Å². The van der Waals surface area contributed by atoms with Crippen LogP contribution in [0.5, 0.6) is 0 Å². The summed E-state index contributed by atoms with van der Waals surface area (Å²) in [5.74, 6) is -1.04. The number of hydrogen-bond acceptors (Lipinski definition) is 64. The van der Waals surface area contributed by atoms with Crippen molar-refractivity contribution in [3.63, 3.8) is 0 Å². The maximum atomic E-state index is 11.8. The molecule has 838 valence electrons. The Morgan fingerprint density at radius 2 is 0.275 bits per heavy atom. The smallest absolute Gasteiger partial charge is 0.268 e. The summed E-state index contributed by atoms with van der Waals surface area (Å²) >= 11 is 0. The van der Waals surface area contributed by atoms with Gasteiger partial charge in [-0.2, -0.15) is 0 Å². The lowest BCUT2D eigenvalue weighted by molar-refractivity contribution is -0.238. The second-order valence-corrected chi connectivity index (χ2v) is 48.8. The lowest BCUT2D eigenvalue weighted by atomic mass is 10.1. The van der Waals surface area contributed by atoms with E-state index in [0.717, 1.165) is 25.7 Å². The number of aliphatic hydroxyl groups excluding tert-OH is 1. The van der Waals surface area contributed by atoms with Crippen molar-refractivity contribution in [2.75, 3.05) is 198 Å². The first-order valence-corrected chi connectivity index (χ1v) is 64.0. The highest BCUT2D eigenvalue weighted by Crippen LogP contribution is 2.49. The lowest BCUT2D eigenvalue weighted by Gasteiger charge is -2.27. The molecular formula is C52H114O69P17-17. The lowest BCUT2D eigenvalue weighted by Crippen LogP contribution is -2.20. The SMILES string of the molecule is CCC(C)COP(=O)([O-])OCCOP(=O)([O-])O.CCC(C)COP(=O)([O-])OCCOP(=O)([O-])O.CCC(C)COP(=O)([O-])OCCOP(=O)([O-])O.CCC(C)COP(=O)([O-])OCCOP(=O)([O-])O.CCC(CO)COP(=O)([O-])OCCOP(=O)([O-])OCCOP(=O)([O-])OCCOP(=O)([O-])OCCOP(=O)([O-])OCCOP(=O)([O-])OCCOP(=O)([O-])OCCOP(=O)([O-])OCC(CC)COP(=O)([O-])O. The van der Waals surface area contributed by atoms with Crippen LogP contribution >= 0.6 is 133 Å². The van der Waals surface area contributed by atoms with Crippen molar-refractivity contribution in [3.05, 3.63) is 0 Å². The first kappa shape index (κ1) is 148. The maximum Gasteiger partial charge on any atom is 0.268 e. The van der Waals surface area contributed by atoms with E-state index in [1.165, 1.54) is 6.92 Å². The molecule has 0 saturated heterocycles. The molecule has 0 amide bonds. The van der Waals surface area contributed by atoms with Crippen molar-refractivity contribution in [1.82, 2.24) is 0 Å². The Morgan fingerprint density at radius 1 is 0.167 bits per heavy atom. The molecule has 0 aliphatic heterocycles. The number of rotatable bonds is 83. The van der Waals surface area contributed by atoms with Crippen LogP contribution in [0.25, 0.3) is 0 Å². The fraction of sp³-hybridized carbons (Fsp3) is 1.00. The quantitative estimate of drug-likeness (QED) is 0.0255. The van der Waals surface area contributed by atoms with Crippen LogP contribution in [0.3, 0.4) is 0 Å². The maximum absolute atomic E-state index is 11.8. The van der Waals surface area contributed by atoms with E-state index in [9.17, 15) is 161 Å². The Bertz CT molecular complexity index is 3860. The number of aliphatic hydroxyl groups is 1.